The molecule has 2 aliphatic rings. The van der Waals surface area contributed by atoms with Gasteiger partial charge in [0.25, 0.3) is 0 Å². The van der Waals surface area contributed by atoms with Gasteiger partial charge in [-0.15, -0.1) is 0 Å². The lowest BCUT2D eigenvalue weighted by Gasteiger charge is -2.50. The van der Waals surface area contributed by atoms with Crippen LogP contribution in [0.2, 0.25) is 0 Å². The van der Waals surface area contributed by atoms with Gasteiger partial charge in [0.05, 0.1) is 6.10 Å². The van der Waals surface area contributed by atoms with Crippen LogP contribution in [0.1, 0.15) is 6.42 Å². The summed E-state index contributed by atoms with van der Waals surface area (Å²) in [6, 6.07) is 56.5. The molecule has 7 nitrogen and oxygen atoms in total. The molecule has 2 aliphatic heterocycles. The molecule has 0 N–H and O–H groups in total. The standard InChI is InChI=1S/C50H40O7/c51-30-46-44(53-41-26-10-18-33-14-2-6-22-37(33)41)29-45-48(57-46)50(56-43-28-12-20-35-16-4-8-24-39(35)43)49(55-42-27-11-19-34-15-3-7-23-38(34)42)47(54-45)31-52-40-25-9-17-32-13-1-5-21-36(32)40/h1-28,30,44-50H,29,31H2/t44-,45+,46+,47+,48-,49+,50+/m1/s1. The average molecular weight is 753 g/mol. The fraction of sp³-hybridized carbons (Fsp3) is 0.180. The molecule has 0 radical (unpaired) electrons. The molecular weight excluding hydrogens is 713 g/mol. The summed E-state index contributed by atoms with van der Waals surface area (Å²) in [4.78, 5) is 13.0. The zero-order valence-corrected chi connectivity index (χ0v) is 31.1. The summed E-state index contributed by atoms with van der Waals surface area (Å²) in [5, 5.41) is 8.08. The van der Waals surface area contributed by atoms with Crippen LogP contribution >= 0.6 is 0 Å². The Morgan fingerprint density at radius 1 is 0.474 bits per heavy atom. The molecule has 57 heavy (non-hydrogen) atoms. The van der Waals surface area contributed by atoms with Crippen LogP contribution in [0.25, 0.3) is 43.1 Å². The summed E-state index contributed by atoms with van der Waals surface area (Å²) in [5.74, 6) is 2.79. The molecule has 7 heteroatoms. The smallest absolute Gasteiger partial charge is 0.167 e. The Labute approximate surface area is 330 Å². The van der Waals surface area contributed by atoms with E-state index < -0.39 is 42.7 Å². The van der Waals surface area contributed by atoms with E-state index in [0.29, 0.717) is 23.7 Å². The first-order valence-electron chi connectivity index (χ1n) is 19.5. The zero-order valence-electron chi connectivity index (χ0n) is 31.1. The van der Waals surface area contributed by atoms with Crippen LogP contribution in [0.5, 0.6) is 23.0 Å². The number of carbonyl (C=O) groups is 1. The molecule has 7 atom stereocenters. The van der Waals surface area contributed by atoms with E-state index in [0.717, 1.165) is 55.1 Å². The maximum atomic E-state index is 13.0. The van der Waals surface area contributed by atoms with Crippen molar-refractivity contribution >= 4 is 49.4 Å². The lowest BCUT2D eigenvalue weighted by Crippen LogP contribution is -2.67. The van der Waals surface area contributed by atoms with E-state index in [2.05, 4.69) is 42.5 Å². The van der Waals surface area contributed by atoms with E-state index in [1.165, 1.54) is 0 Å². The minimum absolute atomic E-state index is 0.161. The number of rotatable bonds is 10. The minimum Gasteiger partial charge on any atom is -0.490 e. The second kappa shape index (κ2) is 15.3. The third kappa shape index (κ3) is 6.79. The van der Waals surface area contributed by atoms with E-state index in [9.17, 15) is 4.79 Å². The maximum Gasteiger partial charge on any atom is 0.167 e. The number of hydrogen-bond donors (Lipinski definition) is 0. The number of carbonyl (C=O) groups excluding carboxylic acids is 1. The number of benzene rings is 8. The Balaban J connectivity index is 1.06. The molecule has 0 unspecified atom stereocenters. The molecule has 0 aliphatic carbocycles. The van der Waals surface area contributed by atoms with Gasteiger partial charge in [-0.05, 0) is 45.8 Å². The highest BCUT2D eigenvalue weighted by atomic mass is 16.6. The summed E-state index contributed by atoms with van der Waals surface area (Å²) in [7, 11) is 0. The molecule has 2 fully saturated rings. The molecule has 0 spiro atoms. The summed E-state index contributed by atoms with van der Waals surface area (Å²) in [6.07, 6.45) is -3.62. The normalized spacial score (nSPS) is 23.2. The van der Waals surface area contributed by atoms with Gasteiger partial charge in [-0.1, -0.05) is 146 Å². The summed E-state index contributed by atoms with van der Waals surface area (Å²) >= 11 is 0. The highest BCUT2D eigenvalue weighted by Gasteiger charge is 2.55. The number of ether oxygens (including phenoxy) is 6. The SMILES string of the molecule is O=C[C@@H]1O[C@H]2[C@H](Oc3cccc4ccccc34)[C@@H](Oc3cccc4ccccc34)[C@H](COc3cccc4ccccc34)O[C@H]2C[C@H]1Oc1cccc2ccccc12. The molecule has 10 rings (SSSR count). The third-order valence-electron chi connectivity index (χ3n) is 11.2. The van der Waals surface area contributed by atoms with Crippen LogP contribution in [-0.4, -0.2) is 55.6 Å². The summed E-state index contributed by atoms with van der Waals surface area (Å²) in [6.45, 7) is 0.161. The van der Waals surface area contributed by atoms with E-state index in [-0.39, 0.29) is 6.61 Å². The van der Waals surface area contributed by atoms with Gasteiger partial charge in [0.2, 0.25) is 0 Å². The van der Waals surface area contributed by atoms with Crippen molar-refractivity contribution in [3.8, 4) is 23.0 Å². The first-order chi connectivity index (χ1) is 28.2. The highest BCUT2D eigenvalue weighted by Crippen LogP contribution is 2.40. The Morgan fingerprint density at radius 3 is 1.40 bits per heavy atom. The van der Waals surface area contributed by atoms with Crippen LogP contribution in [0, 0.1) is 0 Å². The van der Waals surface area contributed by atoms with Crippen molar-refractivity contribution in [3.63, 3.8) is 0 Å². The average Bonchev–Trinajstić information content (AvgIpc) is 3.26. The fourth-order valence-electron chi connectivity index (χ4n) is 8.47. The predicted octanol–water partition coefficient (Wildman–Crippen LogP) is 10.1. The van der Waals surface area contributed by atoms with E-state index in [4.69, 9.17) is 28.4 Å². The lowest BCUT2D eigenvalue weighted by atomic mass is 9.87. The second-order valence-electron chi connectivity index (χ2n) is 14.7. The Morgan fingerprint density at radius 2 is 0.895 bits per heavy atom. The van der Waals surface area contributed by atoms with Crippen molar-refractivity contribution < 1.29 is 33.2 Å². The van der Waals surface area contributed by atoms with Gasteiger partial charge in [-0.2, -0.15) is 0 Å². The third-order valence-corrected chi connectivity index (χ3v) is 11.2. The van der Waals surface area contributed by atoms with Crippen molar-refractivity contribution in [3.05, 3.63) is 170 Å². The Bertz CT molecular complexity index is 2690. The molecule has 282 valence electrons. The molecule has 0 saturated carbocycles. The molecule has 8 aromatic carbocycles. The van der Waals surface area contributed by atoms with Gasteiger partial charge >= 0.3 is 0 Å². The first-order valence-corrected chi connectivity index (χ1v) is 19.5. The molecule has 0 amide bonds. The Hall–Kier alpha value is -6.41. The zero-order chi connectivity index (χ0) is 38.1. The highest BCUT2D eigenvalue weighted by molar-refractivity contribution is 5.90. The predicted molar refractivity (Wildman–Crippen MR) is 223 cm³/mol. The van der Waals surface area contributed by atoms with Crippen molar-refractivity contribution in [2.75, 3.05) is 6.61 Å². The van der Waals surface area contributed by atoms with Gasteiger partial charge < -0.3 is 33.2 Å². The topological polar surface area (TPSA) is 72.5 Å². The van der Waals surface area contributed by atoms with Crippen LogP contribution in [0.15, 0.2) is 170 Å². The van der Waals surface area contributed by atoms with Gasteiger partial charge in [-0.25, -0.2) is 0 Å². The molecule has 8 aromatic rings. The molecular formula is C50H40O7. The molecule has 2 heterocycles. The van der Waals surface area contributed by atoms with Gasteiger partial charge in [0, 0.05) is 28.0 Å². The van der Waals surface area contributed by atoms with Crippen molar-refractivity contribution in [1.82, 2.24) is 0 Å². The van der Waals surface area contributed by atoms with Crippen LogP contribution in [0.3, 0.4) is 0 Å². The van der Waals surface area contributed by atoms with E-state index in [1.54, 1.807) is 0 Å². The maximum absolute atomic E-state index is 13.0. The molecule has 0 aromatic heterocycles. The largest absolute Gasteiger partial charge is 0.490 e. The van der Waals surface area contributed by atoms with Crippen molar-refractivity contribution in [2.45, 2.75) is 49.1 Å². The van der Waals surface area contributed by atoms with Gasteiger partial charge in [-0.3, -0.25) is 0 Å². The monoisotopic (exact) mass is 752 g/mol. The van der Waals surface area contributed by atoms with Crippen LogP contribution in [0.4, 0.5) is 0 Å². The number of hydrogen-bond acceptors (Lipinski definition) is 7. The first kappa shape index (κ1) is 35.0. The Kier molecular flexibility index (Phi) is 9.38. The fourth-order valence-corrected chi connectivity index (χ4v) is 8.47. The van der Waals surface area contributed by atoms with Gasteiger partial charge in [0.1, 0.15) is 47.9 Å². The number of fused-ring (bicyclic) bond motifs is 5. The lowest BCUT2D eigenvalue weighted by molar-refractivity contribution is -0.265. The van der Waals surface area contributed by atoms with E-state index in [1.807, 2.05) is 127 Å². The van der Waals surface area contributed by atoms with Crippen LogP contribution < -0.4 is 18.9 Å². The summed E-state index contributed by atoms with van der Waals surface area (Å²) < 4.78 is 41.5. The quantitative estimate of drug-likeness (QED) is 0.129. The van der Waals surface area contributed by atoms with Crippen molar-refractivity contribution in [1.29, 1.82) is 0 Å². The molecule has 2 saturated heterocycles. The van der Waals surface area contributed by atoms with E-state index >= 15 is 0 Å². The second-order valence-corrected chi connectivity index (χ2v) is 14.7. The minimum atomic E-state index is -0.894. The van der Waals surface area contributed by atoms with Crippen molar-refractivity contribution in [2.24, 2.45) is 0 Å². The molecule has 0 bridgehead atoms. The van der Waals surface area contributed by atoms with Gasteiger partial charge in [0.15, 0.2) is 24.6 Å². The summed E-state index contributed by atoms with van der Waals surface area (Å²) in [5.41, 5.74) is 0. The number of aldehydes is 1. The van der Waals surface area contributed by atoms with Crippen LogP contribution in [-0.2, 0) is 14.3 Å².